The van der Waals surface area contributed by atoms with Gasteiger partial charge in [0.1, 0.15) is 0 Å². The van der Waals surface area contributed by atoms with Crippen molar-refractivity contribution in [3.63, 3.8) is 0 Å². The van der Waals surface area contributed by atoms with Crippen LogP contribution in [0.5, 0.6) is 0 Å². The first kappa shape index (κ1) is 24.3. The van der Waals surface area contributed by atoms with E-state index in [2.05, 4.69) is 44.0 Å². The number of thioether (sulfide) groups is 1. The minimum atomic E-state index is 0.136. The van der Waals surface area contributed by atoms with Gasteiger partial charge in [-0.3, -0.25) is 4.79 Å². The third kappa shape index (κ3) is 7.02. The van der Waals surface area contributed by atoms with Crippen LogP contribution in [0.2, 0.25) is 0 Å². The largest absolute Gasteiger partial charge is 0.394 e. The number of carbonyl (C=O) groups excluding carboxylic acids is 1. The van der Waals surface area contributed by atoms with Gasteiger partial charge in [-0.05, 0) is 68.3 Å². The summed E-state index contributed by atoms with van der Waals surface area (Å²) in [6.45, 7) is 18.6. The fourth-order valence-electron chi connectivity index (χ4n) is 3.33. The lowest BCUT2D eigenvalue weighted by atomic mass is 9.96. The lowest BCUT2D eigenvalue weighted by molar-refractivity contribution is 0.0754. The van der Waals surface area contributed by atoms with Crippen LogP contribution in [0.1, 0.15) is 61.2 Å². The number of rotatable bonds is 5. The molecule has 3 N–H and O–H groups in total. The topological polar surface area (TPSA) is 58.4 Å². The number of nitrogens with two attached hydrogens (primary N) is 1. The smallest absolute Gasteiger partial charge is 0.254 e. The second-order valence-electron chi connectivity index (χ2n) is 7.05. The molecule has 156 valence electrons. The maximum absolute atomic E-state index is 13.2. The average molecular weight is 404 g/mol. The Labute approximate surface area is 175 Å². The maximum Gasteiger partial charge on any atom is 0.254 e. The van der Waals surface area contributed by atoms with E-state index in [0.29, 0.717) is 11.1 Å². The van der Waals surface area contributed by atoms with Crippen molar-refractivity contribution in [1.29, 1.82) is 0 Å². The highest BCUT2D eigenvalue weighted by Gasteiger charge is 2.22. The van der Waals surface area contributed by atoms with Crippen LogP contribution in [-0.2, 0) is 6.42 Å². The fourth-order valence-corrected chi connectivity index (χ4v) is 4.01. The van der Waals surface area contributed by atoms with Gasteiger partial charge in [0.15, 0.2) is 0 Å². The van der Waals surface area contributed by atoms with E-state index >= 15 is 0 Å². The molecule has 0 aliphatic carbocycles. The molecule has 2 rings (SSSR count). The number of nitrogens with zero attached hydrogens (tertiary/aromatic N) is 1. The monoisotopic (exact) mass is 403 g/mol. The molecule has 4 nitrogen and oxygen atoms in total. The van der Waals surface area contributed by atoms with Crippen LogP contribution in [0, 0.1) is 13.8 Å². The highest BCUT2D eigenvalue weighted by atomic mass is 32.2. The minimum Gasteiger partial charge on any atom is -0.394 e. The van der Waals surface area contributed by atoms with Crippen molar-refractivity contribution in [3.05, 3.63) is 57.0 Å². The molecule has 0 bridgehead atoms. The van der Waals surface area contributed by atoms with E-state index in [-0.39, 0.29) is 5.91 Å². The first-order chi connectivity index (χ1) is 13.3. The first-order valence-corrected chi connectivity index (χ1v) is 11.0. The molecule has 1 unspecified atom stereocenters. The van der Waals surface area contributed by atoms with Crippen LogP contribution in [0.3, 0.4) is 0 Å². The van der Waals surface area contributed by atoms with Gasteiger partial charge in [0.2, 0.25) is 0 Å². The number of carbonyl (C=O) groups is 1. The molecule has 0 radical (unpaired) electrons. The molecule has 1 aliphatic rings. The number of allylic oxidation sites excluding steroid dienone is 2. The Balaban J connectivity index is 0.00000190. The summed E-state index contributed by atoms with van der Waals surface area (Å²) in [5, 5.41) is 4.03. The van der Waals surface area contributed by atoms with Crippen LogP contribution in [0.15, 0.2) is 34.7 Å². The number of nitrogens with one attached hydrogen (secondary N) is 1. The number of benzene rings is 1. The molecule has 0 saturated carbocycles. The van der Waals surface area contributed by atoms with Crippen molar-refractivity contribution >= 4 is 17.7 Å². The van der Waals surface area contributed by atoms with Crippen molar-refractivity contribution < 1.29 is 4.79 Å². The molecule has 28 heavy (non-hydrogen) atoms. The second kappa shape index (κ2) is 12.0. The number of aryl methyl sites for hydroxylation is 2. The summed E-state index contributed by atoms with van der Waals surface area (Å²) in [6.07, 6.45) is 3.82. The molecule has 1 aliphatic heterocycles. The van der Waals surface area contributed by atoms with E-state index in [1.54, 1.807) is 0 Å². The van der Waals surface area contributed by atoms with Crippen molar-refractivity contribution in [1.82, 2.24) is 10.2 Å². The van der Waals surface area contributed by atoms with Gasteiger partial charge in [-0.2, -0.15) is 0 Å². The minimum absolute atomic E-state index is 0.136. The predicted octanol–water partition coefficient (Wildman–Crippen LogP) is 4.76. The predicted molar refractivity (Wildman–Crippen MR) is 124 cm³/mol. The third-order valence-corrected chi connectivity index (χ3v) is 5.65. The van der Waals surface area contributed by atoms with E-state index in [0.717, 1.165) is 48.5 Å². The molecule has 1 amide bonds. The molecule has 1 saturated heterocycles. The Morgan fingerprint density at radius 1 is 1.36 bits per heavy atom. The SMILES string of the molecule is C=C(N)S/C(=C\C)Cc1cc(C(=O)N2CCCNC(C)C2)c(C)cc1C.CC. The molecule has 1 aromatic carbocycles. The maximum atomic E-state index is 13.2. The summed E-state index contributed by atoms with van der Waals surface area (Å²) in [6, 6.07) is 4.52. The normalized spacial score (nSPS) is 17.4. The van der Waals surface area contributed by atoms with Crippen LogP contribution in [0.25, 0.3) is 0 Å². The second-order valence-corrected chi connectivity index (χ2v) is 8.31. The van der Waals surface area contributed by atoms with Crippen LogP contribution in [-0.4, -0.2) is 36.5 Å². The van der Waals surface area contributed by atoms with E-state index < -0.39 is 0 Å². The van der Waals surface area contributed by atoms with Gasteiger partial charge < -0.3 is 16.0 Å². The number of hydrogen-bond acceptors (Lipinski definition) is 4. The molecule has 0 spiro atoms. The van der Waals surface area contributed by atoms with Gasteiger partial charge in [0.05, 0.1) is 5.03 Å². The molecular weight excluding hydrogens is 366 g/mol. The Bertz CT molecular complexity index is 712. The molecule has 5 heteroatoms. The first-order valence-electron chi connectivity index (χ1n) is 10.2. The van der Waals surface area contributed by atoms with E-state index in [9.17, 15) is 4.79 Å². The van der Waals surface area contributed by atoms with Crippen LogP contribution >= 0.6 is 11.8 Å². The standard InChI is InChI=1S/C21H31N3OS.C2H6/c1-6-19(26-17(5)22)11-18-12-20(15(3)10-14(18)2)21(25)24-9-7-8-23-16(4)13-24;1-2/h6,10,12,16,23H,5,7-9,11,13,22H2,1-4H3;1-2H3/b19-6-;. The quantitative estimate of drug-likeness (QED) is 0.744. The van der Waals surface area contributed by atoms with E-state index in [4.69, 9.17) is 5.73 Å². The number of hydrogen-bond donors (Lipinski definition) is 2. The van der Waals surface area contributed by atoms with Gasteiger partial charge in [-0.15, -0.1) is 0 Å². The van der Waals surface area contributed by atoms with Gasteiger partial charge in [-0.1, -0.05) is 44.3 Å². The highest BCUT2D eigenvalue weighted by Crippen LogP contribution is 2.27. The molecule has 1 heterocycles. The zero-order chi connectivity index (χ0) is 21.3. The van der Waals surface area contributed by atoms with Crippen molar-refractivity contribution in [2.24, 2.45) is 5.73 Å². The van der Waals surface area contributed by atoms with E-state index in [1.807, 2.05) is 32.6 Å². The summed E-state index contributed by atoms with van der Waals surface area (Å²) in [5.41, 5.74) is 9.97. The Hall–Kier alpha value is -1.72. The zero-order valence-electron chi connectivity index (χ0n) is 18.4. The average Bonchev–Trinajstić information content (AvgIpc) is 2.88. The summed E-state index contributed by atoms with van der Waals surface area (Å²) in [5.74, 6) is 0.136. The molecule has 1 aromatic rings. The lowest BCUT2D eigenvalue weighted by Gasteiger charge is -2.24. The lowest BCUT2D eigenvalue weighted by Crippen LogP contribution is -2.39. The van der Waals surface area contributed by atoms with Crippen molar-refractivity contribution in [2.75, 3.05) is 19.6 Å². The fraction of sp³-hybridized carbons (Fsp3) is 0.522. The van der Waals surface area contributed by atoms with Crippen molar-refractivity contribution in [3.8, 4) is 0 Å². The summed E-state index contributed by atoms with van der Waals surface area (Å²) in [7, 11) is 0. The Morgan fingerprint density at radius 3 is 2.64 bits per heavy atom. The third-order valence-electron chi connectivity index (χ3n) is 4.74. The summed E-state index contributed by atoms with van der Waals surface area (Å²) < 4.78 is 0. The molecular formula is C23H37N3OS. The molecule has 0 aromatic heterocycles. The summed E-state index contributed by atoms with van der Waals surface area (Å²) >= 11 is 1.49. The molecule has 1 atom stereocenters. The van der Waals surface area contributed by atoms with Gasteiger partial charge in [0.25, 0.3) is 5.91 Å². The molecule has 1 fully saturated rings. The Morgan fingerprint density at radius 2 is 2.04 bits per heavy atom. The van der Waals surface area contributed by atoms with Crippen LogP contribution < -0.4 is 11.1 Å². The van der Waals surface area contributed by atoms with Gasteiger partial charge in [0, 0.05) is 31.1 Å². The van der Waals surface area contributed by atoms with Crippen LogP contribution in [0.4, 0.5) is 0 Å². The summed E-state index contributed by atoms with van der Waals surface area (Å²) in [4.78, 5) is 16.3. The zero-order valence-corrected chi connectivity index (χ0v) is 19.2. The Kier molecular flexibility index (Phi) is 10.4. The highest BCUT2D eigenvalue weighted by molar-refractivity contribution is 8.06. The van der Waals surface area contributed by atoms with Crippen molar-refractivity contribution in [2.45, 2.75) is 60.4 Å². The van der Waals surface area contributed by atoms with E-state index in [1.165, 1.54) is 22.9 Å². The number of amides is 1. The van der Waals surface area contributed by atoms with Gasteiger partial charge >= 0.3 is 0 Å². The van der Waals surface area contributed by atoms with Gasteiger partial charge in [-0.25, -0.2) is 0 Å².